The summed E-state index contributed by atoms with van der Waals surface area (Å²) in [7, 11) is 0. The van der Waals surface area contributed by atoms with Gasteiger partial charge >= 0.3 is 0 Å². The van der Waals surface area contributed by atoms with Crippen molar-refractivity contribution in [3.63, 3.8) is 0 Å². The summed E-state index contributed by atoms with van der Waals surface area (Å²) in [6.45, 7) is 7.43. The molecule has 0 unspecified atom stereocenters. The Balaban J connectivity index is 1.23. The van der Waals surface area contributed by atoms with Crippen LogP contribution in [0.2, 0.25) is 0 Å². The number of amides is 1. The Kier molecular flexibility index (Phi) is 6.27. The second-order valence-corrected chi connectivity index (χ2v) is 9.03. The van der Waals surface area contributed by atoms with E-state index in [1.54, 1.807) is 0 Å². The lowest BCUT2D eigenvalue weighted by molar-refractivity contribution is 0.0761. The summed E-state index contributed by atoms with van der Waals surface area (Å²) in [4.78, 5) is 20.0. The molecular formula is C29H31N3O. The van der Waals surface area contributed by atoms with Gasteiger partial charge in [0.15, 0.2) is 0 Å². The molecule has 0 N–H and O–H groups in total. The lowest BCUT2D eigenvalue weighted by atomic mass is 10.1. The lowest BCUT2D eigenvalue weighted by Crippen LogP contribution is -2.35. The molecule has 2 aliphatic rings. The first-order chi connectivity index (χ1) is 16.2. The zero-order chi connectivity index (χ0) is 22.6. The van der Waals surface area contributed by atoms with Crippen molar-refractivity contribution < 1.29 is 4.79 Å². The maximum atomic E-state index is 13.2. The smallest absolute Gasteiger partial charge is 0.253 e. The molecule has 0 atom stereocenters. The largest absolute Gasteiger partial charge is 0.337 e. The van der Waals surface area contributed by atoms with Gasteiger partial charge in [-0.15, -0.1) is 0 Å². The van der Waals surface area contributed by atoms with Gasteiger partial charge in [0.25, 0.3) is 5.91 Å². The second kappa shape index (κ2) is 9.63. The quantitative estimate of drug-likeness (QED) is 0.539. The molecule has 4 nitrogen and oxygen atoms in total. The Hall–Kier alpha value is -3.37. The average Bonchev–Trinajstić information content (AvgIpc) is 3.10. The second-order valence-electron chi connectivity index (χ2n) is 9.03. The number of rotatable bonds is 4. The predicted octanol–water partition coefficient (Wildman–Crippen LogP) is 5.51. The van der Waals surface area contributed by atoms with Crippen LogP contribution in [0.1, 0.15) is 33.5 Å². The summed E-state index contributed by atoms with van der Waals surface area (Å²) in [5.41, 5.74) is 6.95. The standard InChI is InChI=1S/C29H31N3O/c1-23-9-11-24(12-10-23)22-30-17-5-18-31(21-20-30)29(33)26-13-15-27(16-14-26)32-19-4-7-25-6-2-3-8-28(25)32/h2-4,6-16H,5,17-22H2,1H3. The van der Waals surface area contributed by atoms with Gasteiger partial charge in [-0.3, -0.25) is 9.69 Å². The topological polar surface area (TPSA) is 26.8 Å². The Morgan fingerprint density at radius 3 is 2.45 bits per heavy atom. The van der Waals surface area contributed by atoms with Gasteiger partial charge in [-0.05, 0) is 54.8 Å². The predicted molar refractivity (Wildman–Crippen MR) is 136 cm³/mol. The zero-order valence-electron chi connectivity index (χ0n) is 19.3. The molecule has 33 heavy (non-hydrogen) atoms. The zero-order valence-corrected chi connectivity index (χ0v) is 19.3. The lowest BCUT2D eigenvalue weighted by Gasteiger charge is -2.28. The van der Waals surface area contributed by atoms with Crippen molar-refractivity contribution in [3.8, 4) is 0 Å². The van der Waals surface area contributed by atoms with E-state index in [0.717, 1.165) is 56.9 Å². The molecule has 0 radical (unpaired) electrons. The van der Waals surface area contributed by atoms with Crippen molar-refractivity contribution >= 4 is 23.4 Å². The van der Waals surface area contributed by atoms with Crippen LogP contribution in [0.15, 0.2) is 78.9 Å². The van der Waals surface area contributed by atoms with E-state index in [4.69, 9.17) is 0 Å². The molecule has 168 valence electrons. The van der Waals surface area contributed by atoms with Gasteiger partial charge in [0.2, 0.25) is 0 Å². The molecule has 0 saturated carbocycles. The van der Waals surface area contributed by atoms with Crippen LogP contribution >= 0.6 is 0 Å². The summed E-state index contributed by atoms with van der Waals surface area (Å²) < 4.78 is 0. The van der Waals surface area contributed by atoms with Gasteiger partial charge in [0, 0.05) is 56.2 Å². The molecule has 1 saturated heterocycles. The first-order valence-electron chi connectivity index (χ1n) is 11.9. The highest BCUT2D eigenvalue weighted by Gasteiger charge is 2.21. The molecule has 3 aromatic carbocycles. The van der Waals surface area contributed by atoms with Gasteiger partial charge in [-0.25, -0.2) is 0 Å². The molecule has 0 aliphatic carbocycles. The summed E-state index contributed by atoms with van der Waals surface area (Å²) in [5.74, 6) is 0.137. The first kappa shape index (κ1) is 21.5. The van der Waals surface area contributed by atoms with E-state index in [0.29, 0.717) is 0 Å². The molecule has 2 heterocycles. The van der Waals surface area contributed by atoms with E-state index < -0.39 is 0 Å². The molecule has 0 aromatic heterocycles. The highest BCUT2D eigenvalue weighted by Crippen LogP contribution is 2.32. The van der Waals surface area contributed by atoms with E-state index in [2.05, 4.69) is 89.5 Å². The molecule has 5 rings (SSSR count). The number of benzene rings is 3. The third kappa shape index (κ3) is 4.86. The van der Waals surface area contributed by atoms with Crippen molar-refractivity contribution in [3.05, 3.63) is 101 Å². The Morgan fingerprint density at radius 1 is 0.848 bits per heavy atom. The van der Waals surface area contributed by atoms with Gasteiger partial charge in [0.05, 0.1) is 0 Å². The van der Waals surface area contributed by atoms with Crippen molar-refractivity contribution in [2.24, 2.45) is 0 Å². The Morgan fingerprint density at radius 2 is 1.64 bits per heavy atom. The first-order valence-corrected chi connectivity index (χ1v) is 11.9. The Labute approximate surface area is 196 Å². The Bertz CT molecular complexity index is 1130. The molecular weight excluding hydrogens is 406 g/mol. The van der Waals surface area contributed by atoms with E-state index in [9.17, 15) is 4.79 Å². The van der Waals surface area contributed by atoms with Crippen LogP contribution in [0.4, 0.5) is 11.4 Å². The van der Waals surface area contributed by atoms with Crippen molar-refractivity contribution in [2.75, 3.05) is 37.6 Å². The molecule has 1 fully saturated rings. The summed E-state index contributed by atoms with van der Waals surface area (Å²) in [6.07, 6.45) is 5.36. The SMILES string of the molecule is Cc1ccc(CN2CCCN(C(=O)c3ccc(N4CC=Cc5ccccc54)cc3)CC2)cc1. The number of carbonyl (C=O) groups is 1. The van der Waals surface area contributed by atoms with Crippen molar-refractivity contribution in [2.45, 2.75) is 19.9 Å². The van der Waals surface area contributed by atoms with E-state index in [1.807, 2.05) is 17.0 Å². The number of para-hydroxylation sites is 1. The number of nitrogens with zero attached hydrogens (tertiary/aromatic N) is 3. The molecule has 0 spiro atoms. The number of hydrogen-bond acceptors (Lipinski definition) is 3. The minimum absolute atomic E-state index is 0.137. The van der Waals surface area contributed by atoms with Crippen LogP contribution in [0.5, 0.6) is 0 Å². The molecule has 4 heteroatoms. The minimum atomic E-state index is 0.137. The van der Waals surface area contributed by atoms with Gasteiger partial charge in [-0.1, -0.05) is 60.2 Å². The number of aryl methyl sites for hydroxylation is 1. The molecule has 2 aliphatic heterocycles. The van der Waals surface area contributed by atoms with Crippen LogP contribution < -0.4 is 4.90 Å². The third-order valence-corrected chi connectivity index (χ3v) is 6.64. The molecule has 3 aromatic rings. The average molecular weight is 438 g/mol. The molecule has 1 amide bonds. The van der Waals surface area contributed by atoms with Crippen LogP contribution in [-0.2, 0) is 6.54 Å². The van der Waals surface area contributed by atoms with Gasteiger partial charge in [-0.2, -0.15) is 0 Å². The number of fused-ring (bicyclic) bond motifs is 1. The summed E-state index contributed by atoms with van der Waals surface area (Å²) in [5, 5.41) is 0. The van der Waals surface area contributed by atoms with E-state index in [1.165, 1.54) is 22.4 Å². The van der Waals surface area contributed by atoms with E-state index in [-0.39, 0.29) is 5.91 Å². The highest BCUT2D eigenvalue weighted by molar-refractivity contribution is 5.94. The van der Waals surface area contributed by atoms with E-state index >= 15 is 0 Å². The highest BCUT2D eigenvalue weighted by atomic mass is 16.2. The summed E-state index contributed by atoms with van der Waals surface area (Å²) >= 11 is 0. The fourth-order valence-electron chi connectivity index (χ4n) is 4.75. The normalized spacial score (nSPS) is 16.4. The maximum Gasteiger partial charge on any atom is 0.253 e. The van der Waals surface area contributed by atoms with Crippen molar-refractivity contribution in [1.82, 2.24) is 9.80 Å². The number of anilines is 2. The maximum absolute atomic E-state index is 13.2. The van der Waals surface area contributed by atoms with Gasteiger partial charge < -0.3 is 9.80 Å². The van der Waals surface area contributed by atoms with Crippen LogP contribution in [0.3, 0.4) is 0 Å². The fourth-order valence-corrected chi connectivity index (χ4v) is 4.75. The fraction of sp³-hybridized carbons (Fsp3) is 0.276. The monoisotopic (exact) mass is 437 g/mol. The third-order valence-electron chi connectivity index (χ3n) is 6.64. The minimum Gasteiger partial charge on any atom is -0.337 e. The number of carbonyl (C=O) groups excluding carboxylic acids is 1. The van der Waals surface area contributed by atoms with Crippen LogP contribution in [-0.4, -0.2) is 48.4 Å². The van der Waals surface area contributed by atoms with Gasteiger partial charge in [0.1, 0.15) is 0 Å². The summed E-state index contributed by atoms with van der Waals surface area (Å²) in [6, 6.07) is 25.3. The van der Waals surface area contributed by atoms with Crippen LogP contribution in [0, 0.1) is 6.92 Å². The molecule has 0 bridgehead atoms. The number of hydrogen-bond donors (Lipinski definition) is 0. The van der Waals surface area contributed by atoms with Crippen molar-refractivity contribution in [1.29, 1.82) is 0 Å². The van der Waals surface area contributed by atoms with Crippen LogP contribution in [0.25, 0.3) is 6.08 Å².